The summed E-state index contributed by atoms with van der Waals surface area (Å²) in [4.78, 5) is 12.1. The summed E-state index contributed by atoms with van der Waals surface area (Å²) in [5.74, 6) is -0.656. The van der Waals surface area contributed by atoms with E-state index in [2.05, 4.69) is 22.6 Å². The molecule has 0 aromatic heterocycles. The molecule has 98 valence electrons. The van der Waals surface area contributed by atoms with Gasteiger partial charge in [0.25, 0.3) is 0 Å². The average molecular weight is 409 g/mol. The molecule has 2 aromatic rings. The van der Waals surface area contributed by atoms with Crippen LogP contribution in [0.3, 0.4) is 0 Å². The minimum Gasteiger partial charge on any atom is -0.294 e. The van der Waals surface area contributed by atoms with Crippen LogP contribution in [0.4, 0.5) is 4.39 Å². The smallest absolute Gasteiger partial charge is 0.167 e. The Kier molecular flexibility index (Phi) is 4.81. The van der Waals surface area contributed by atoms with Gasteiger partial charge in [-0.05, 0) is 52.4 Å². The van der Waals surface area contributed by atoms with Gasteiger partial charge in [-0.2, -0.15) is 0 Å². The highest BCUT2D eigenvalue weighted by atomic mass is 127. The van der Waals surface area contributed by atoms with Crippen molar-refractivity contribution in [2.24, 2.45) is 0 Å². The number of halogens is 4. The van der Waals surface area contributed by atoms with Gasteiger partial charge in [0.05, 0.1) is 5.02 Å². The molecule has 0 atom stereocenters. The van der Waals surface area contributed by atoms with Crippen molar-refractivity contribution in [1.82, 2.24) is 0 Å². The lowest BCUT2D eigenvalue weighted by atomic mass is 10.0. The van der Waals surface area contributed by atoms with Crippen LogP contribution in [0.2, 0.25) is 10.0 Å². The van der Waals surface area contributed by atoms with Gasteiger partial charge < -0.3 is 0 Å². The first-order chi connectivity index (χ1) is 8.97. The van der Waals surface area contributed by atoms with Crippen LogP contribution < -0.4 is 0 Å². The van der Waals surface area contributed by atoms with Gasteiger partial charge in [-0.1, -0.05) is 35.3 Å². The molecule has 0 aliphatic carbocycles. The van der Waals surface area contributed by atoms with Crippen LogP contribution >= 0.6 is 45.8 Å². The van der Waals surface area contributed by atoms with Gasteiger partial charge in [-0.25, -0.2) is 4.39 Å². The molecule has 5 heteroatoms. The molecule has 0 aliphatic heterocycles. The summed E-state index contributed by atoms with van der Waals surface area (Å²) < 4.78 is 14.5. The van der Waals surface area contributed by atoms with Gasteiger partial charge in [-0.3, -0.25) is 4.79 Å². The normalized spacial score (nSPS) is 10.5. The fourth-order valence-electron chi connectivity index (χ4n) is 1.61. The SMILES string of the molecule is O=C(Cc1ccc(Cl)cc1F)c1ccc(I)c(Cl)c1. The van der Waals surface area contributed by atoms with E-state index in [4.69, 9.17) is 23.2 Å². The molecule has 0 radical (unpaired) electrons. The zero-order chi connectivity index (χ0) is 14.0. The maximum absolute atomic E-state index is 13.6. The van der Waals surface area contributed by atoms with E-state index in [9.17, 15) is 9.18 Å². The third-order valence-corrected chi connectivity index (χ3v) is 4.42. The Balaban J connectivity index is 2.23. The van der Waals surface area contributed by atoms with Gasteiger partial charge in [-0.15, -0.1) is 0 Å². The molecule has 0 spiro atoms. The fraction of sp³-hybridized carbons (Fsp3) is 0.0714. The van der Waals surface area contributed by atoms with E-state index in [-0.39, 0.29) is 12.2 Å². The number of rotatable bonds is 3. The molecule has 0 bridgehead atoms. The van der Waals surface area contributed by atoms with Crippen molar-refractivity contribution in [3.8, 4) is 0 Å². The molecule has 2 rings (SSSR count). The van der Waals surface area contributed by atoms with Crippen molar-refractivity contribution in [2.45, 2.75) is 6.42 Å². The number of Topliss-reactive ketones (excluding diaryl/α,β-unsaturated/α-hetero) is 1. The highest BCUT2D eigenvalue weighted by molar-refractivity contribution is 14.1. The molecule has 0 N–H and O–H groups in total. The molecule has 1 nitrogen and oxygen atoms in total. The molecular weight excluding hydrogens is 401 g/mol. The van der Waals surface area contributed by atoms with Crippen LogP contribution in [0.25, 0.3) is 0 Å². The number of hydrogen-bond acceptors (Lipinski definition) is 1. The first-order valence-corrected chi connectivity index (χ1v) is 7.23. The summed E-state index contributed by atoms with van der Waals surface area (Å²) in [5.41, 5.74) is 0.795. The van der Waals surface area contributed by atoms with Crippen LogP contribution in [0.1, 0.15) is 15.9 Å². The molecule has 0 saturated heterocycles. The van der Waals surface area contributed by atoms with Gasteiger partial charge in [0.1, 0.15) is 5.82 Å². The Morgan fingerprint density at radius 3 is 2.53 bits per heavy atom. The molecule has 0 fully saturated rings. The van der Waals surface area contributed by atoms with Crippen LogP contribution in [0.5, 0.6) is 0 Å². The van der Waals surface area contributed by atoms with Crippen molar-refractivity contribution >= 4 is 51.6 Å². The Hall–Kier alpha value is -0.650. The van der Waals surface area contributed by atoms with E-state index in [1.165, 1.54) is 12.1 Å². The quantitative estimate of drug-likeness (QED) is 0.506. The highest BCUT2D eigenvalue weighted by Crippen LogP contribution is 2.21. The maximum Gasteiger partial charge on any atom is 0.167 e. The Labute approximate surface area is 133 Å². The molecule has 0 saturated carbocycles. The second kappa shape index (κ2) is 6.20. The van der Waals surface area contributed by atoms with E-state index in [0.717, 1.165) is 3.57 Å². The summed E-state index contributed by atoms with van der Waals surface area (Å²) in [5, 5.41) is 0.828. The van der Waals surface area contributed by atoms with E-state index in [1.807, 2.05) is 0 Å². The molecule has 0 amide bonds. The predicted octanol–water partition coefficient (Wildman–Crippen LogP) is 5.16. The molecule has 2 aromatic carbocycles. The number of carbonyl (C=O) groups excluding carboxylic acids is 1. The minimum absolute atomic E-state index is 0.0140. The van der Waals surface area contributed by atoms with Gasteiger partial charge in [0, 0.05) is 20.6 Å². The lowest BCUT2D eigenvalue weighted by Crippen LogP contribution is -2.05. The predicted molar refractivity (Wildman–Crippen MR) is 83.6 cm³/mol. The zero-order valence-corrected chi connectivity index (χ0v) is 13.3. The third-order valence-electron chi connectivity index (χ3n) is 2.61. The first kappa shape index (κ1) is 14.8. The van der Waals surface area contributed by atoms with E-state index in [1.54, 1.807) is 24.3 Å². The van der Waals surface area contributed by atoms with Crippen LogP contribution in [0.15, 0.2) is 36.4 Å². The van der Waals surface area contributed by atoms with Crippen LogP contribution in [-0.2, 0) is 6.42 Å². The Morgan fingerprint density at radius 2 is 1.89 bits per heavy atom. The number of benzene rings is 2. The molecule has 0 heterocycles. The number of ketones is 1. The van der Waals surface area contributed by atoms with Gasteiger partial charge >= 0.3 is 0 Å². The van der Waals surface area contributed by atoms with Crippen LogP contribution in [-0.4, -0.2) is 5.78 Å². The molecule has 0 unspecified atom stereocenters. The topological polar surface area (TPSA) is 17.1 Å². The monoisotopic (exact) mass is 408 g/mol. The third kappa shape index (κ3) is 3.68. The van der Waals surface area contributed by atoms with Crippen LogP contribution in [0, 0.1) is 9.39 Å². The molecule has 19 heavy (non-hydrogen) atoms. The van der Waals surface area contributed by atoms with Crippen molar-refractivity contribution < 1.29 is 9.18 Å². The largest absolute Gasteiger partial charge is 0.294 e. The minimum atomic E-state index is -0.475. The summed E-state index contributed by atoms with van der Waals surface area (Å²) in [6, 6.07) is 9.32. The van der Waals surface area contributed by atoms with E-state index in [0.29, 0.717) is 21.2 Å². The van der Waals surface area contributed by atoms with E-state index < -0.39 is 5.82 Å². The van der Waals surface area contributed by atoms with Gasteiger partial charge in [0.15, 0.2) is 5.78 Å². The van der Waals surface area contributed by atoms with Crippen molar-refractivity contribution in [2.75, 3.05) is 0 Å². The van der Waals surface area contributed by atoms with Crippen molar-refractivity contribution in [1.29, 1.82) is 0 Å². The highest BCUT2D eigenvalue weighted by Gasteiger charge is 2.12. The zero-order valence-electron chi connectivity index (χ0n) is 9.59. The lowest BCUT2D eigenvalue weighted by molar-refractivity contribution is 0.0992. The van der Waals surface area contributed by atoms with Crippen molar-refractivity contribution in [3.05, 3.63) is 67.0 Å². The Bertz CT molecular complexity index is 643. The maximum atomic E-state index is 13.6. The molecule has 0 aliphatic rings. The summed E-state index contributed by atoms with van der Waals surface area (Å²) in [6.45, 7) is 0. The number of hydrogen-bond donors (Lipinski definition) is 0. The Morgan fingerprint density at radius 1 is 1.16 bits per heavy atom. The van der Waals surface area contributed by atoms with Gasteiger partial charge in [0.2, 0.25) is 0 Å². The lowest BCUT2D eigenvalue weighted by Gasteiger charge is -2.05. The molecular formula is C14H8Cl2FIO. The average Bonchev–Trinajstić information content (AvgIpc) is 2.36. The summed E-state index contributed by atoms with van der Waals surface area (Å²) in [7, 11) is 0. The summed E-state index contributed by atoms with van der Waals surface area (Å²) >= 11 is 13.7. The fourth-order valence-corrected chi connectivity index (χ4v) is 2.28. The second-order valence-electron chi connectivity index (χ2n) is 3.96. The second-order valence-corrected chi connectivity index (χ2v) is 5.97. The standard InChI is InChI=1S/C14H8Cl2FIO/c15-10-3-1-8(12(17)7-10)6-14(19)9-2-4-13(18)11(16)5-9/h1-5,7H,6H2. The first-order valence-electron chi connectivity index (χ1n) is 5.39. The summed E-state index contributed by atoms with van der Waals surface area (Å²) in [6.07, 6.45) is -0.0140. The van der Waals surface area contributed by atoms with Crippen molar-refractivity contribution in [3.63, 3.8) is 0 Å². The number of carbonyl (C=O) groups is 1. The van der Waals surface area contributed by atoms with E-state index >= 15 is 0 Å².